The molecule has 6 rings (SSSR count). The Labute approximate surface area is 378 Å². The van der Waals surface area contributed by atoms with Crippen LogP contribution in [0.1, 0.15) is 160 Å². The lowest BCUT2D eigenvalue weighted by atomic mass is 9.33. The van der Waals surface area contributed by atoms with Crippen LogP contribution in [0, 0.1) is 56.2 Å². The van der Waals surface area contributed by atoms with Crippen LogP contribution in [-0.4, -0.2) is 64.9 Å². The van der Waals surface area contributed by atoms with Crippen LogP contribution in [0.2, 0.25) is 11.8 Å². The van der Waals surface area contributed by atoms with Crippen LogP contribution < -0.4 is 0 Å². The number of ether oxygens (including phenoxy) is 3. The lowest BCUT2D eigenvalue weighted by molar-refractivity contribution is -0.235. The Morgan fingerprint density at radius 2 is 1.58 bits per heavy atom. The van der Waals surface area contributed by atoms with E-state index in [-0.39, 0.29) is 70.3 Å². The first-order chi connectivity index (χ1) is 28.5. The van der Waals surface area contributed by atoms with Gasteiger partial charge in [0.1, 0.15) is 17.8 Å². The number of fused-ring (bicyclic) bond motifs is 7. The van der Waals surface area contributed by atoms with Crippen LogP contribution in [0.25, 0.3) is 0 Å². The molecule has 5 aliphatic carbocycles. The summed E-state index contributed by atoms with van der Waals surface area (Å²) >= 11 is 6.63. The van der Waals surface area contributed by atoms with Crippen molar-refractivity contribution in [3.05, 3.63) is 46.0 Å². The molecule has 1 aromatic rings. The van der Waals surface area contributed by atoms with E-state index in [0.717, 1.165) is 62.5 Å². The molecule has 1 N–H and O–H groups in total. The van der Waals surface area contributed by atoms with E-state index in [1.807, 2.05) is 49.8 Å². The number of ketones is 1. The Balaban J connectivity index is 1.30. The quantitative estimate of drug-likeness (QED) is 0.124. The molecule has 62 heavy (non-hydrogen) atoms. The van der Waals surface area contributed by atoms with Gasteiger partial charge >= 0.3 is 25.0 Å². The van der Waals surface area contributed by atoms with Crippen molar-refractivity contribution in [1.29, 1.82) is 0 Å². The number of allylic oxidation sites excluding steroid dienone is 1. The molecule has 5 aliphatic rings. The molecule has 4 fully saturated rings. The Morgan fingerprint density at radius 1 is 0.919 bits per heavy atom. The highest BCUT2D eigenvalue weighted by atomic mass is 35.5. The van der Waals surface area contributed by atoms with Crippen LogP contribution in [0.15, 0.2) is 35.4 Å². The molecular formula is C51H77BClNO8. The van der Waals surface area contributed by atoms with Gasteiger partial charge in [0.15, 0.2) is 5.78 Å². The van der Waals surface area contributed by atoms with E-state index in [9.17, 15) is 24.2 Å². The monoisotopic (exact) mass is 878 g/mol. The fraction of sp³-hybridized carbons (Fsp3) is 0.765. The number of rotatable bonds is 12. The number of halogens is 1. The SMILES string of the molecule is CB(O)N(Cc1ccccc1Cl)C[C@H](OC(C)=O)[C@@]12CC[C@]3(C)[C@H](CC[C@@H]4[C@@]5(C)CC[C@H](OC(=O)CC(C)(C)C(=O)OC(C)(C)C)C(C)(C)[C@@H]5CC[C@]43C)C1=C(C(C)C)C(=O)C2. The maximum Gasteiger partial charge on any atom is 0.376 e. The Hall–Kier alpha value is -2.69. The number of Topliss-reactive ketones (excluding diaryl/α,β-unsaturated/α-hetero) is 1. The molecule has 0 radical (unpaired) electrons. The highest BCUT2D eigenvalue weighted by molar-refractivity contribution is 6.45. The zero-order valence-corrected chi connectivity index (χ0v) is 41.2. The Bertz CT molecular complexity index is 1950. The Kier molecular flexibility index (Phi) is 13.3. The summed E-state index contributed by atoms with van der Waals surface area (Å²) in [5.74, 6) is -0.0580. The molecule has 9 nitrogen and oxygen atoms in total. The summed E-state index contributed by atoms with van der Waals surface area (Å²) in [6, 6.07) is 7.61. The number of benzene rings is 1. The molecule has 1 aromatic carbocycles. The second-order valence-electron chi connectivity index (χ2n) is 23.5. The van der Waals surface area contributed by atoms with Crippen molar-refractivity contribution >= 4 is 42.3 Å². The molecule has 0 amide bonds. The maximum absolute atomic E-state index is 14.5. The minimum Gasteiger partial charge on any atom is -0.462 e. The van der Waals surface area contributed by atoms with Gasteiger partial charge < -0.3 is 24.0 Å². The van der Waals surface area contributed by atoms with Crippen LogP contribution >= 0.6 is 11.6 Å². The smallest absolute Gasteiger partial charge is 0.376 e. The predicted octanol–water partition coefficient (Wildman–Crippen LogP) is 10.8. The predicted molar refractivity (Wildman–Crippen MR) is 245 cm³/mol. The topological polar surface area (TPSA) is 119 Å². The molecule has 0 spiro atoms. The molecule has 9 atom stereocenters. The zero-order chi connectivity index (χ0) is 46.2. The van der Waals surface area contributed by atoms with Gasteiger partial charge in [0.2, 0.25) is 0 Å². The average molecular weight is 878 g/mol. The van der Waals surface area contributed by atoms with Crippen molar-refractivity contribution in [2.24, 2.45) is 56.2 Å². The fourth-order valence-electron chi connectivity index (χ4n) is 14.2. The number of carbonyl (C=O) groups excluding carboxylic acids is 4. The number of nitrogens with zero attached hydrogens (tertiary/aromatic N) is 1. The van der Waals surface area contributed by atoms with Gasteiger partial charge in [-0.15, -0.1) is 0 Å². The summed E-state index contributed by atoms with van der Waals surface area (Å²) in [6.07, 6.45) is 6.75. The van der Waals surface area contributed by atoms with Gasteiger partial charge in [-0.2, -0.15) is 0 Å². The second-order valence-corrected chi connectivity index (χ2v) is 23.9. The van der Waals surface area contributed by atoms with E-state index in [0.29, 0.717) is 29.8 Å². The van der Waals surface area contributed by atoms with Crippen molar-refractivity contribution in [3.63, 3.8) is 0 Å². The maximum atomic E-state index is 14.5. The minimum atomic E-state index is -1.00. The average Bonchev–Trinajstić information content (AvgIpc) is 3.45. The Morgan fingerprint density at radius 3 is 2.18 bits per heavy atom. The van der Waals surface area contributed by atoms with E-state index in [4.69, 9.17) is 25.8 Å². The standard InChI is InChI=1S/C51H77BClNO8/c1-31(2)42-36(56)27-51(40(60-32(3)55)30-54(52(14)59)29-33-17-15-16-18-35(33)53)26-25-49(12)34(43(42)51)19-20-38-48(11)23-22-39(47(9,10)37(48)21-24-50(38,49)13)61-41(57)28-46(7,8)44(58)62-45(4,5)6/h15-18,31,34,37-40,59H,19-30H2,1-14H3/t34-,37+,38-,39+,40+,48+,49-,50-,51+/m1/s1. The van der Waals surface area contributed by atoms with Gasteiger partial charge in [0.25, 0.3) is 0 Å². The summed E-state index contributed by atoms with van der Waals surface area (Å²) in [5, 5.41) is 11.8. The molecule has 0 aromatic heterocycles. The molecule has 4 saturated carbocycles. The molecule has 11 heteroatoms. The van der Waals surface area contributed by atoms with E-state index in [1.165, 1.54) is 12.5 Å². The lowest BCUT2D eigenvalue weighted by Gasteiger charge is -2.72. The number of esters is 3. The zero-order valence-electron chi connectivity index (χ0n) is 40.5. The van der Waals surface area contributed by atoms with Gasteiger partial charge in [-0.05, 0) is 156 Å². The number of hydrogen-bond acceptors (Lipinski definition) is 9. The van der Waals surface area contributed by atoms with E-state index in [1.54, 1.807) is 20.7 Å². The highest BCUT2D eigenvalue weighted by Gasteiger charge is 2.71. The summed E-state index contributed by atoms with van der Waals surface area (Å²) < 4.78 is 18.4. The van der Waals surface area contributed by atoms with Crippen LogP contribution in [0.3, 0.4) is 0 Å². The molecule has 344 valence electrons. The van der Waals surface area contributed by atoms with E-state index >= 15 is 0 Å². The van der Waals surface area contributed by atoms with Gasteiger partial charge in [-0.1, -0.05) is 78.3 Å². The van der Waals surface area contributed by atoms with Crippen LogP contribution in [0.4, 0.5) is 0 Å². The summed E-state index contributed by atoms with van der Waals surface area (Å²) in [4.78, 5) is 56.2. The van der Waals surface area contributed by atoms with Crippen molar-refractivity contribution < 1.29 is 38.4 Å². The first kappa shape index (κ1) is 48.8. The van der Waals surface area contributed by atoms with Crippen LogP contribution in [0.5, 0.6) is 0 Å². The van der Waals surface area contributed by atoms with Crippen molar-refractivity contribution in [1.82, 2.24) is 4.81 Å². The second kappa shape index (κ2) is 16.9. The normalized spacial score (nSPS) is 33.5. The number of hydrogen-bond donors (Lipinski definition) is 1. The van der Waals surface area contributed by atoms with Crippen LogP contribution in [-0.2, 0) is 39.9 Å². The summed E-state index contributed by atoms with van der Waals surface area (Å²) in [6.45, 7) is 29.3. The largest absolute Gasteiger partial charge is 0.462 e. The lowest BCUT2D eigenvalue weighted by Crippen LogP contribution is -2.66. The van der Waals surface area contributed by atoms with Gasteiger partial charge in [0, 0.05) is 42.3 Å². The van der Waals surface area contributed by atoms with Gasteiger partial charge in [0.05, 0.1) is 11.8 Å². The third kappa shape index (κ3) is 8.49. The molecule has 0 heterocycles. The molecule has 0 unspecified atom stereocenters. The summed E-state index contributed by atoms with van der Waals surface area (Å²) in [7, 11) is -0.846. The highest BCUT2D eigenvalue weighted by Crippen LogP contribution is 2.77. The minimum absolute atomic E-state index is 0.00914. The summed E-state index contributed by atoms with van der Waals surface area (Å²) in [5.41, 5.74) is 0.285. The third-order valence-electron chi connectivity index (χ3n) is 17.4. The van der Waals surface area contributed by atoms with Crippen molar-refractivity contribution in [2.45, 2.75) is 185 Å². The molecule has 0 saturated heterocycles. The number of carbonyl (C=O) groups is 4. The molecule has 0 aliphatic heterocycles. The van der Waals surface area contributed by atoms with Crippen molar-refractivity contribution in [2.75, 3.05) is 6.54 Å². The third-order valence-corrected chi connectivity index (χ3v) is 17.8. The molecular weight excluding hydrogens is 801 g/mol. The van der Waals surface area contributed by atoms with E-state index < -0.39 is 35.6 Å². The van der Waals surface area contributed by atoms with E-state index in [2.05, 4.69) is 48.5 Å². The van der Waals surface area contributed by atoms with Crippen molar-refractivity contribution in [3.8, 4) is 0 Å². The first-order valence-electron chi connectivity index (χ1n) is 23.6. The van der Waals surface area contributed by atoms with Gasteiger partial charge in [-0.25, -0.2) is 0 Å². The molecule has 0 bridgehead atoms. The fourth-order valence-corrected chi connectivity index (χ4v) is 14.4. The first-order valence-corrected chi connectivity index (χ1v) is 24.0. The van der Waals surface area contributed by atoms with Gasteiger partial charge in [-0.3, -0.25) is 19.2 Å².